The largest absolute Gasteiger partial charge is 0.508 e. The van der Waals surface area contributed by atoms with Gasteiger partial charge in [0.25, 0.3) is 0 Å². The van der Waals surface area contributed by atoms with Crippen LogP contribution in [0.5, 0.6) is 5.75 Å². The van der Waals surface area contributed by atoms with E-state index in [2.05, 4.69) is 20.7 Å². The van der Waals surface area contributed by atoms with Crippen molar-refractivity contribution < 1.29 is 33.8 Å². The second-order valence-electron chi connectivity index (χ2n) is 12.3. The van der Waals surface area contributed by atoms with E-state index in [1.165, 1.54) is 20.5 Å². The summed E-state index contributed by atoms with van der Waals surface area (Å²) in [5.74, 6) is -1.51. The number of nitrogens with zero attached hydrogens (tertiary/aromatic N) is 1. The summed E-state index contributed by atoms with van der Waals surface area (Å²) < 4.78 is 4.66. The Morgan fingerprint density at radius 1 is 1.00 bits per heavy atom. The number of amides is 4. The first-order chi connectivity index (χ1) is 21.3. The molecule has 12 heteroatoms. The van der Waals surface area contributed by atoms with Gasteiger partial charge in [-0.25, -0.2) is 0 Å². The van der Waals surface area contributed by atoms with Crippen molar-refractivity contribution in [1.29, 1.82) is 0 Å². The van der Waals surface area contributed by atoms with Gasteiger partial charge in [-0.15, -0.1) is 0 Å². The summed E-state index contributed by atoms with van der Waals surface area (Å²) in [5.41, 5.74) is 8.60. The molecule has 0 radical (unpaired) electrons. The van der Waals surface area contributed by atoms with Crippen molar-refractivity contribution in [2.24, 2.45) is 11.7 Å². The third-order valence-corrected chi connectivity index (χ3v) is 8.52. The average Bonchev–Trinajstić information content (AvgIpc) is 3.00. The Labute approximate surface area is 267 Å². The molecule has 0 saturated heterocycles. The third kappa shape index (κ3) is 13.1. The minimum atomic E-state index is -0.941. The summed E-state index contributed by atoms with van der Waals surface area (Å²) in [6, 6.07) is 0.648. The molecule has 12 nitrogen and oxygen atoms in total. The quantitative estimate of drug-likeness (QED) is 0.128. The number of hydrogen-bond donors (Lipinski definition) is 5. The number of phenolic OH excluding ortho intramolecular Hbond substituents is 1. The second kappa shape index (κ2) is 19.0. The van der Waals surface area contributed by atoms with E-state index in [-0.39, 0.29) is 30.6 Å². The Morgan fingerprint density at radius 3 is 2.27 bits per heavy atom. The maximum Gasteiger partial charge on any atom is 0.305 e. The van der Waals surface area contributed by atoms with Crippen molar-refractivity contribution >= 4 is 29.6 Å². The van der Waals surface area contributed by atoms with E-state index in [0.29, 0.717) is 31.7 Å². The molecule has 6 N–H and O–H groups in total. The Bertz CT molecular complexity index is 1150. The minimum Gasteiger partial charge on any atom is -0.508 e. The van der Waals surface area contributed by atoms with E-state index in [1.807, 2.05) is 13.8 Å². The Kier molecular flexibility index (Phi) is 15.8. The highest BCUT2D eigenvalue weighted by Gasteiger charge is 2.28. The number of benzene rings is 1. The fourth-order valence-electron chi connectivity index (χ4n) is 5.81. The molecule has 0 aromatic heterocycles. The van der Waals surface area contributed by atoms with Crippen molar-refractivity contribution in [3.8, 4) is 5.75 Å². The maximum absolute atomic E-state index is 13.4. The molecule has 0 bridgehead atoms. The SMILES string of the molecule is COC(=O)CCCCCN(C)C(=O)[C@H](CC1CCCCC1)NC(=O)CNC(=O)[C@@H](C)NC(=O)C(N)Cc1c(C)cc(O)cc1C. The Morgan fingerprint density at radius 2 is 1.64 bits per heavy atom. The number of methoxy groups -OCH3 is 1. The first-order valence-electron chi connectivity index (χ1n) is 16.1. The number of phenols is 1. The Balaban J connectivity index is 1.88. The minimum absolute atomic E-state index is 0.141. The highest BCUT2D eigenvalue weighted by atomic mass is 16.5. The number of hydrogen-bond acceptors (Lipinski definition) is 8. The van der Waals surface area contributed by atoms with E-state index in [9.17, 15) is 29.1 Å². The van der Waals surface area contributed by atoms with Gasteiger partial charge in [0.05, 0.1) is 19.7 Å². The smallest absolute Gasteiger partial charge is 0.305 e. The summed E-state index contributed by atoms with van der Waals surface area (Å²) in [6.07, 6.45) is 8.70. The number of nitrogens with one attached hydrogen (secondary N) is 3. The van der Waals surface area contributed by atoms with Crippen LogP contribution in [0.3, 0.4) is 0 Å². The normalized spacial score (nSPS) is 15.3. The van der Waals surface area contributed by atoms with Gasteiger partial charge < -0.3 is 36.4 Å². The molecular weight excluding hydrogens is 578 g/mol. The molecule has 45 heavy (non-hydrogen) atoms. The van der Waals surface area contributed by atoms with Crippen molar-refractivity contribution in [3.05, 3.63) is 28.8 Å². The van der Waals surface area contributed by atoms with Crippen molar-refractivity contribution in [1.82, 2.24) is 20.9 Å². The fourth-order valence-corrected chi connectivity index (χ4v) is 5.81. The lowest BCUT2D eigenvalue weighted by Gasteiger charge is -2.29. The molecule has 1 aliphatic rings. The third-order valence-electron chi connectivity index (χ3n) is 8.52. The Hall–Kier alpha value is -3.67. The van der Waals surface area contributed by atoms with Gasteiger partial charge in [0.15, 0.2) is 0 Å². The van der Waals surface area contributed by atoms with Crippen LogP contribution in [0, 0.1) is 19.8 Å². The molecule has 0 aliphatic heterocycles. The van der Waals surface area contributed by atoms with Crippen LogP contribution in [-0.4, -0.2) is 85.0 Å². The number of aromatic hydroxyl groups is 1. The number of ether oxygens (including phenoxy) is 1. The van der Waals surface area contributed by atoms with Gasteiger partial charge in [-0.05, 0) is 81.2 Å². The molecule has 0 spiro atoms. The number of nitrogens with two attached hydrogens (primary N) is 1. The van der Waals surface area contributed by atoms with E-state index in [0.717, 1.165) is 55.2 Å². The molecule has 2 rings (SSSR count). The van der Waals surface area contributed by atoms with Crippen LogP contribution in [0.15, 0.2) is 12.1 Å². The predicted octanol–water partition coefficient (Wildman–Crippen LogP) is 2.15. The van der Waals surface area contributed by atoms with Gasteiger partial charge >= 0.3 is 5.97 Å². The average molecular weight is 632 g/mol. The molecule has 4 amide bonds. The topological polar surface area (TPSA) is 180 Å². The zero-order valence-corrected chi connectivity index (χ0v) is 27.6. The number of carbonyl (C=O) groups is 5. The number of rotatable bonds is 17. The maximum atomic E-state index is 13.4. The van der Waals surface area contributed by atoms with Gasteiger partial charge in [0.2, 0.25) is 23.6 Å². The first kappa shape index (κ1) is 37.5. The van der Waals surface area contributed by atoms with Gasteiger partial charge in [0, 0.05) is 20.0 Å². The van der Waals surface area contributed by atoms with Crippen LogP contribution >= 0.6 is 0 Å². The number of aryl methyl sites for hydroxylation is 2. The number of esters is 1. The summed E-state index contributed by atoms with van der Waals surface area (Å²) in [6.45, 7) is 5.32. The predicted molar refractivity (Wildman–Crippen MR) is 171 cm³/mol. The molecule has 0 heterocycles. The van der Waals surface area contributed by atoms with Crippen LogP contribution in [-0.2, 0) is 35.1 Å². The highest BCUT2D eigenvalue weighted by Crippen LogP contribution is 2.28. The zero-order valence-electron chi connectivity index (χ0n) is 27.6. The van der Waals surface area contributed by atoms with E-state index >= 15 is 0 Å². The van der Waals surface area contributed by atoms with Gasteiger partial charge in [-0.1, -0.05) is 38.5 Å². The van der Waals surface area contributed by atoms with Crippen LogP contribution in [0.25, 0.3) is 0 Å². The monoisotopic (exact) mass is 631 g/mol. The van der Waals surface area contributed by atoms with E-state index < -0.39 is 35.8 Å². The van der Waals surface area contributed by atoms with Gasteiger partial charge in [-0.3, -0.25) is 24.0 Å². The van der Waals surface area contributed by atoms with E-state index in [4.69, 9.17) is 5.73 Å². The van der Waals surface area contributed by atoms with Crippen LogP contribution in [0.4, 0.5) is 0 Å². The summed E-state index contributed by atoms with van der Waals surface area (Å²) >= 11 is 0. The highest BCUT2D eigenvalue weighted by molar-refractivity contribution is 5.93. The van der Waals surface area contributed by atoms with Crippen LogP contribution in [0.1, 0.15) is 87.8 Å². The van der Waals surface area contributed by atoms with Crippen molar-refractivity contribution in [3.63, 3.8) is 0 Å². The molecule has 1 aliphatic carbocycles. The molecule has 3 atom stereocenters. The lowest BCUT2D eigenvalue weighted by Crippen LogP contribution is -2.53. The molecule has 1 aromatic rings. The fraction of sp³-hybridized carbons (Fsp3) is 0.667. The molecule has 1 saturated carbocycles. The number of carbonyl (C=O) groups excluding carboxylic acids is 5. The number of unbranched alkanes of at least 4 members (excludes halogenated alkanes) is 2. The summed E-state index contributed by atoms with van der Waals surface area (Å²) in [5, 5.41) is 17.7. The zero-order chi connectivity index (χ0) is 33.5. The lowest BCUT2D eigenvalue weighted by molar-refractivity contribution is -0.140. The summed E-state index contributed by atoms with van der Waals surface area (Å²) in [7, 11) is 3.07. The number of likely N-dealkylation sites (N-methyl/N-ethyl adjacent to an activating group) is 1. The van der Waals surface area contributed by atoms with E-state index in [1.54, 1.807) is 24.1 Å². The first-order valence-corrected chi connectivity index (χ1v) is 16.1. The molecule has 1 fully saturated rings. The molecule has 252 valence electrons. The van der Waals surface area contributed by atoms with Crippen molar-refractivity contribution in [2.75, 3.05) is 27.2 Å². The van der Waals surface area contributed by atoms with Gasteiger partial charge in [0.1, 0.15) is 17.8 Å². The molecule has 1 unspecified atom stereocenters. The summed E-state index contributed by atoms with van der Waals surface area (Å²) in [4.78, 5) is 64.6. The van der Waals surface area contributed by atoms with Crippen LogP contribution < -0.4 is 21.7 Å². The van der Waals surface area contributed by atoms with Crippen molar-refractivity contribution in [2.45, 2.75) is 110 Å². The lowest BCUT2D eigenvalue weighted by atomic mass is 9.84. The van der Waals surface area contributed by atoms with Crippen LogP contribution in [0.2, 0.25) is 0 Å². The molecule has 1 aromatic carbocycles. The standard InChI is InChI=1S/C33H53N5O7/c1-21-16-25(39)17-22(2)26(21)19-27(34)32(43)36-23(3)31(42)35-20-29(40)37-28(18-24-12-8-6-9-13-24)33(44)38(4)15-11-7-10-14-30(41)45-5/h16-17,23-24,27-28,39H,6-15,18-20,34H2,1-5H3,(H,35,42)(H,36,43)(H,37,40)/t23-,27?,28+/m1/s1. The molecular formula is C33H53N5O7. The second-order valence-corrected chi connectivity index (χ2v) is 12.3. The van der Waals surface area contributed by atoms with Gasteiger partial charge in [-0.2, -0.15) is 0 Å².